The lowest BCUT2D eigenvalue weighted by atomic mass is 9.95. The lowest BCUT2D eigenvalue weighted by Gasteiger charge is -2.29. The van der Waals surface area contributed by atoms with Crippen molar-refractivity contribution in [3.8, 4) is 0 Å². The molecule has 0 spiro atoms. The molecule has 0 aromatic heterocycles. The van der Waals surface area contributed by atoms with Crippen LogP contribution in [-0.4, -0.2) is 70.0 Å². The summed E-state index contributed by atoms with van der Waals surface area (Å²) in [6.07, 6.45) is 10.0. The maximum Gasteiger partial charge on any atom is 0.213 e. The highest BCUT2D eigenvalue weighted by Crippen LogP contribution is 2.26. The van der Waals surface area contributed by atoms with Gasteiger partial charge >= 0.3 is 0 Å². The third-order valence-corrected chi connectivity index (χ3v) is 7.50. The first-order chi connectivity index (χ1) is 13.0. The van der Waals surface area contributed by atoms with E-state index < -0.39 is 10.0 Å². The Labute approximate surface area is 192 Å². The van der Waals surface area contributed by atoms with Crippen LogP contribution in [-0.2, 0) is 14.8 Å². The summed E-state index contributed by atoms with van der Waals surface area (Å²) in [4.78, 5) is 4.48. The molecule has 1 heterocycles. The molecule has 2 rings (SSSR count). The standard InChI is InChI=1S/C18H36N4O3S2.HI/c1-3-19-18(22-15-7-6-9-17(13-15)26-2)20-10-12-27(23,24)21-14-16-8-4-5-11-25-16;/h15-17,21H,3-14H2,1-2H3,(H2,19,20,22);1H. The number of hydrogen-bond donors (Lipinski definition) is 3. The molecule has 0 bridgehead atoms. The summed E-state index contributed by atoms with van der Waals surface area (Å²) in [5, 5.41) is 7.41. The van der Waals surface area contributed by atoms with Crippen molar-refractivity contribution in [3.05, 3.63) is 0 Å². The van der Waals surface area contributed by atoms with Crippen LogP contribution in [0.3, 0.4) is 0 Å². The van der Waals surface area contributed by atoms with Gasteiger partial charge in [-0.3, -0.25) is 4.99 Å². The number of thioether (sulfide) groups is 1. The van der Waals surface area contributed by atoms with Crippen molar-refractivity contribution in [1.29, 1.82) is 0 Å². The molecule has 0 aromatic carbocycles. The van der Waals surface area contributed by atoms with Gasteiger partial charge in [0.05, 0.1) is 18.4 Å². The molecule has 1 saturated carbocycles. The van der Waals surface area contributed by atoms with Gasteiger partial charge < -0.3 is 15.4 Å². The van der Waals surface area contributed by atoms with E-state index >= 15 is 0 Å². The highest BCUT2D eigenvalue weighted by Gasteiger charge is 2.22. The molecule has 0 aromatic rings. The molecule has 3 atom stereocenters. The number of guanidine groups is 1. The van der Waals surface area contributed by atoms with Crippen molar-refractivity contribution in [3.63, 3.8) is 0 Å². The van der Waals surface area contributed by atoms with Crippen LogP contribution in [0.2, 0.25) is 0 Å². The Kier molecular flexibility index (Phi) is 13.4. The van der Waals surface area contributed by atoms with Crippen LogP contribution < -0.4 is 15.4 Å². The number of halogens is 1. The average molecular weight is 549 g/mol. The van der Waals surface area contributed by atoms with E-state index in [4.69, 9.17) is 4.74 Å². The van der Waals surface area contributed by atoms with Crippen LogP contribution in [0.4, 0.5) is 0 Å². The van der Waals surface area contributed by atoms with E-state index in [0.717, 1.165) is 51.2 Å². The molecular formula is C18H37IN4O3S2. The molecule has 2 aliphatic rings. The summed E-state index contributed by atoms with van der Waals surface area (Å²) in [7, 11) is -3.33. The van der Waals surface area contributed by atoms with Crippen LogP contribution in [0.1, 0.15) is 51.9 Å². The smallest absolute Gasteiger partial charge is 0.213 e. The van der Waals surface area contributed by atoms with Crippen LogP contribution in [0, 0.1) is 0 Å². The second-order valence-corrected chi connectivity index (χ2v) is 10.3. The summed E-state index contributed by atoms with van der Waals surface area (Å²) in [5.41, 5.74) is 0. The molecule has 3 unspecified atom stereocenters. The van der Waals surface area contributed by atoms with Gasteiger partial charge in [0.15, 0.2) is 5.96 Å². The van der Waals surface area contributed by atoms with E-state index in [1.54, 1.807) is 0 Å². The zero-order valence-corrected chi connectivity index (χ0v) is 21.1. The zero-order chi connectivity index (χ0) is 19.5. The maximum absolute atomic E-state index is 12.2. The third-order valence-electron chi connectivity index (χ3n) is 5.08. The first-order valence-corrected chi connectivity index (χ1v) is 13.1. The molecule has 1 aliphatic carbocycles. The fraction of sp³-hybridized carbons (Fsp3) is 0.944. The van der Waals surface area contributed by atoms with Crippen LogP contribution in [0.15, 0.2) is 4.99 Å². The predicted molar refractivity (Wildman–Crippen MR) is 129 cm³/mol. The van der Waals surface area contributed by atoms with E-state index in [-0.39, 0.29) is 42.4 Å². The van der Waals surface area contributed by atoms with E-state index in [9.17, 15) is 8.42 Å². The number of nitrogens with zero attached hydrogens (tertiary/aromatic N) is 1. The molecule has 0 radical (unpaired) electrons. The first-order valence-electron chi connectivity index (χ1n) is 10.2. The van der Waals surface area contributed by atoms with E-state index in [2.05, 4.69) is 26.6 Å². The average Bonchev–Trinajstić information content (AvgIpc) is 2.67. The number of ether oxygens (including phenoxy) is 1. The normalized spacial score (nSPS) is 26.4. The summed E-state index contributed by atoms with van der Waals surface area (Å²) in [6, 6.07) is 0.409. The molecule has 1 aliphatic heterocycles. The Morgan fingerprint density at radius 2 is 2.04 bits per heavy atom. The van der Waals surface area contributed by atoms with Crippen molar-refractivity contribution in [2.75, 3.05) is 38.2 Å². The van der Waals surface area contributed by atoms with Crippen molar-refractivity contribution in [2.24, 2.45) is 4.99 Å². The van der Waals surface area contributed by atoms with E-state index in [0.29, 0.717) is 17.8 Å². The highest BCUT2D eigenvalue weighted by atomic mass is 127. The van der Waals surface area contributed by atoms with Crippen LogP contribution in [0.5, 0.6) is 0 Å². The van der Waals surface area contributed by atoms with Crippen LogP contribution >= 0.6 is 35.7 Å². The molecular weight excluding hydrogens is 511 g/mol. The monoisotopic (exact) mass is 548 g/mol. The van der Waals surface area contributed by atoms with Gasteiger partial charge in [-0.2, -0.15) is 11.8 Å². The van der Waals surface area contributed by atoms with Gasteiger partial charge in [0.1, 0.15) is 0 Å². The number of aliphatic imine (C=N–C) groups is 1. The molecule has 3 N–H and O–H groups in total. The lowest BCUT2D eigenvalue weighted by Crippen LogP contribution is -2.46. The fourth-order valence-electron chi connectivity index (χ4n) is 3.54. The van der Waals surface area contributed by atoms with Gasteiger partial charge in [0.25, 0.3) is 0 Å². The Balaban J connectivity index is 0.00000392. The minimum atomic E-state index is -3.33. The largest absolute Gasteiger partial charge is 0.377 e. The Hall–Kier alpha value is 0.220. The van der Waals surface area contributed by atoms with Crippen molar-refractivity contribution >= 4 is 51.7 Å². The van der Waals surface area contributed by atoms with Crippen molar-refractivity contribution in [1.82, 2.24) is 15.4 Å². The lowest BCUT2D eigenvalue weighted by molar-refractivity contribution is 0.0200. The topological polar surface area (TPSA) is 91.8 Å². The number of nitrogens with one attached hydrogen (secondary N) is 3. The molecule has 0 amide bonds. The summed E-state index contributed by atoms with van der Waals surface area (Å²) in [6.45, 7) is 4.12. The van der Waals surface area contributed by atoms with Crippen molar-refractivity contribution in [2.45, 2.75) is 69.3 Å². The van der Waals surface area contributed by atoms with Gasteiger partial charge in [-0.15, -0.1) is 24.0 Å². The zero-order valence-electron chi connectivity index (χ0n) is 17.1. The number of sulfonamides is 1. The molecule has 1 saturated heterocycles. The second-order valence-electron chi connectivity index (χ2n) is 7.28. The first kappa shape index (κ1) is 26.3. The summed E-state index contributed by atoms with van der Waals surface area (Å²) >= 11 is 1.93. The van der Waals surface area contributed by atoms with E-state index in [1.165, 1.54) is 12.8 Å². The minimum absolute atomic E-state index is 0. The summed E-state index contributed by atoms with van der Waals surface area (Å²) < 4.78 is 32.6. The molecule has 2 fully saturated rings. The Bertz CT molecular complexity index is 557. The van der Waals surface area contributed by atoms with Gasteiger partial charge in [0, 0.05) is 31.0 Å². The molecule has 7 nitrogen and oxygen atoms in total. The fourth-order valence-corrected chi connectivity index (χ4v) is 5.28. The van der Waals surface area contributed by atoms with Gasteiger partial charge in [-0.05, 0) is 51.7 Å². The summed E-state index contributed by atoms with van der Waals surface area (Å²) in [5.74, 6) is 0.712. The second kappa shape index (κ2) is 14.3. The van der Waals surface area contributed by atoms with Gasteiger partial charge in [-0.25, -0.2) is 13.1 Å². The molecule has 28 heavy (non-hydrogen) atoms. The maximum atomic E-state index is 12.2. The van der Waals surface area contributed by atoms with Crippen LogP contribution in [0.25, 0.3) is 0 Å². The number of hydrogen-bond acceptors (Lipinski definition) is 5. The minimum Gasteiger partial charge on any atom is -0.377 e. The highest BCUT2D eigenvalue weighted by molar-refractivity contribution is 14.0. The third kappa shape index (κ3) is 10.3. The predicted octanol–water partition coefficient (Wildman–Crippen LogP) is 2.32. The molecule has 166 valence electrons. The number of rotatable bonds is 9. The van der Waals surface area contributed by atoms with Gasteiger partial charge in [-0.1, -0.05) is 6.42 Å². The molecule has 10 heteroatoms. The van der Waals surface area contributed by atoms with E-state index in [1.807, 2.05) is 18.7 Å². The quantitative estimate of drug-likeness (QED) is 0.233. The Morgan fingerprint density at radius 1 is 1.21 bits per heavy atom. The van der Waals surface area contributed by atoms with Crippen molar-refractivity contribution < 1.29 is 13.2 Å². The SMILES string of the molecule is CCNC(=NCCS(=O)(=O)NCC1CCCCO1)NC1CCCC(SC)C1.I. The Morgan fingerprint density at radius 3 is 2.71 bits per heavy atom. The van der Waals surface area contributed by atoms with Gasteiger partial charge in [0.2, 0.25) is 10.0 Å².